The first kappa shape index (κ1) is 19.7. The number of benzene rings is 2. The van der Waals surface area contributed by atoms with Crippen LogP contribution < -0.4 is 15.8 Å². The van der Waals surface area contributed by atoms with Gasteiger partial charge in [0.15, 0.2) is 0 Å². The molecule has 0 saturated heterocycles. The molecule has 0 atom stereocenters. The van der Waals surface area contributed by atoms with Gasteiger partial charge >= 0.3 is 5.97 Å². The number of pyridine rings is 1. The van der Waals surface area contributed by atoms with E-state index < -0.39 is 5.97 Å². The highest BCUT2D eigenvalue weighted by Crippen LogP contribution is 2.36. The summed E-state index contributed by atoms with van der Waals surface area (Å²) < 4.78 is 11.9. The predicted octanol–water partition coefficient (Wildman–Crippen LogP) is 5.38. The molecule has 152 valence electrons. The standard InChI is InChI=1S/C23H21N3O3S/c1-2-28-23(27)19-13-25-12-18-20(22(24)30-21(18)19)14-29-17-10-6-9-16(11-17)26-15-7-4-3-5-8-15/h3-13,26H,2,14,24H2,1H3. The average Bonchev–Trinajstić information content (AvgIpc) is 3.08. The monoisotopic (exact) mass is 419 g/mol. The number of hydrogen-bond donors (Lipinski definition) is 2. The number of hydrogen-bond acceptors (Lipinski definition) is 7. The lowest BCUT2D eigenvalue weighted by Gasteiger charge is -2.10. The lowest BCUT2D eigenvalue weighted by Crippen LogP contribution is -2.05. The van der Waals surface area contributed by atoms with Gasteiger partial charge in [0.1, 0.15) is 12.4 Å². The van der Waals surface area contributed by atoms with Crippen molar-refractivity contribution < 1.29 is 14.3 Å². The Labute approximate surface area is 178 Å². The zero-order valence-corrected chi connectivity index (χ0v) is 17.2. The lowest BCUT2D eigenvalue weighted by molar-refractivity contribution is 0.0528. The normalized spacial score (nSPS) is 10.7. The molecule has 7 heteroatoms. The molecule has 2 aromatic heterocycles. The van der Waals surface area contributed by atoms with Crippen LogP contribution in [0.3, 0.4) is 0 Å². The minimum atomic E-state index is -0.399. The fourth-order valence-corrected chi connectivity index (χ4v) is 4.13. The number of nitrogens with two attached hydrogens (primary N) is 1. The van der Waals surface area contributed by atoms with Gasteiger partial charge in [0.25, 0.3) is 0 Å². The SMILES string of the molecule is CCOC(=O)c1cncc2c(COc3cccc(Nc4ccccc4)c3)c(N)sc12. The van der Waals surface area contributed by atoms with Crippen LogP contribution in [0.15, 0.2) is 67.0 Å². The number of nitrogens with zero attached hydrogens (tertiary/aromatic N) is 1. The Morgan fingerprint density at radius 3 is 2.70 bits per heavy atom. The Balaban J connectivity index is 1.54. The second-order valence-corrected chi connectivity index (χ2v) is 7.59. The van der Waals surface area contributed by atoms with Crippen molar-refractivity contribution in [2.75, 3.05) is 17.7 Å². The van der Waals surface area contributed by atoms with Crippen LogP contribution in [0.25, 0.3) is 10.1 Å². The van der Waals surface area contributed by atoms with E-state index in [1.165, 1.54) is 17.5 Å². The van der Waals surface area contributed by atoms with Gasteiger partial charge in [-0.3, -0.25) is 4.98 Å². The number of thiophene rings is 1. The van der Waals surface area contributed by atoms with Gasteiger partial charge in [0, 0.05) is 40.8 Å². The summed E-state index contributed by atoms with van der Waals surface area (Å²) in [5.74, 6) is 0.313. The van der Waals surface area contributed by atoms with Crippen LogP contribution in [-0.2, 0) is 11.3 Å². The van der Waals surface area contributed by atoms with Crippen molar-refractivity contribution in [3.8, 4) is 5.75 Å². The molecular formula is C23H21N3O3S. The quantitative estimate of drug-likeness (QED) is 0.391. The fraction of sp³-hybridized carbons (Fsp3) is 0.130. The van der Waals surface area contributed by atoms with Crippen molar-refractivity contribution in [2.45, 2.75) is 13.5 Å². The van der Waals surface area contributed by atoms with Crippen LogP contribution in [0, 0.1) is 0 Å². The summed E-state index contributed by atoms with van der Waals surface area (Å²) in [6.45, 7) is 2.35. The van der Waals surface area contributed by atoms with E-state index in [0.29, 0.717) is 22.9 Å². The van der Waals surface area contributed by atoms with Crippen molar-refractivity contribution in [1.29, 1.82) is 0 Å². The van der Waals surface area contributed by atoms with Crippen LogP contribution >= 0.6 is 11.3 Å². The summed E-state index contributed by atoms with van der Waals surface area (Å²) in [5.41, 5.74) is 9.40. The summed E-state index contributed by atoms with van der Waals surface area (Å²) in [7, 11) is 0. The van der Waals surface area contributed by atoms with Crippen LogP contribution in [0.2, 0.25) is 0 Å². The Kier molecular flexibility index (Phi) is 5.81. The molecule has 2 heterocycles. The molecule has 0 aliphatic heterocycles. The third-order valence-electron chi connectivity index (χ3n) is 4.51. The Bertz CT molecular complexity index is 1180. The molecule has 0 saturated carbocycles. The van der Waals surface area contributed by atoms with Crippen LogP contribution in [0.4, 0.5) is 16.4 Å². The molecule has 6 nitrogen and oxygen atoms in total. The van der Waals surface area contributed by atoms with E-state index in [1.54, 1.807) is 13.1 Å². The van der Waals surface area contributed by atoms with Crippen molar-refractivity contribution >= 4 is 43.8 Å². The summed E-state index contributed by atoms with van der Waals surface area (Å²) in [4.78, 5) is 16.4. The average molecular weight is 420 g/mol. The van der Waals surface area contributed by atoms with E-state index in [-0.39, 0.29) is 6.61 Å². The van der Waals surface area contributed by atoms with Crippen LogP contribution in [-0.4, -0.2) is 17.6 Å². The van der Waals surface area contributed by atoms with E-state index in [4.69, 9.17) is 15.2 Å². The summed E-state index contributed by atoms with van der Waals surface area (Å²) in [6, 6.07) is 17.7. The number of carbonyl (C=O) groups is 1. The second kappa shape index (κ2) is 8.84. The highest BCUT2D eigenvalue weighted by atomic mass is 32.1. The Hall–Kier alpha value is -3.58. The van der Waals surface area contributed by atoms with Gasteiger partial charge in [0.05, 0.1) is 21.9 Å². The molecule has 0 fully saturated rings. The highest BCUT2D eigenvalue weighted by molar-refractivity contribution is 7.23. The third kappa shape index (κ3) is 4.21. The number of ether oxygens (including phenoxy) is 2. The molecule has 4 aromatic rings. The number of carbonyl (C=O) groups excluding carboxylic acids is 1. The maximum atomic E-state index is 12.2. The minimum Gasteiger partial charge on any atom is -0.489 e. The molecule has 0 aliphatic rings. The molecule has 0 amide bonds. The van der Waals surface area contributed by atoms with Gasteiger partial charge in [-0.1, -0.05) is 24.3 Å². The van der Waals surface area contributed by atoms with Gasteiger partial charge in [-0.2, -0.15) is 0 Å². The lowest BCUT2D eigenvalue weighted by atomic mass is 10.1. The third-order valence-corrected chi connectivity index (χ3v) is 5.62. The molecular weight excluding hydrogens is 398 g/mol. The Morgan fingerprint density at radius 1 is 1.10 bits per heavy atom. The van der Waals surface area contributed by atoms with Gasteiger partial charge in [-0.05, 0) is 31.2 Å². The van der Waals surface area contributed by atoms with Crippen molar-refractivity contribution in [3.05, 3.63) is 78.1 Å². The number of para-hydroxylation sites is 1. The van der Waals surface area contributed by atoms with E-state index in [1.807, 2.05) is 54.6 Å². The first-order valence-electron chi connectivity index (χ1n) is 9.52. The van der Waals surface area contributed by atoms with Gasteiger partial charge < -0.3 is 20.5 Å². The van der Waals surface area contributed by atoms with Gasteiger partial charge in [-0.15, -0.1) is 11.3 Å². The molecule has 4 rings (SSSR count). The van der Waals surface area contributed by atoms with Crippen molar-refractivity contribution in [3.63, 3.8) is 0 Å². The minimum absolute atomic E-state index is 0.272. The molecule has 0 unspecified atom stereocenters. The number of fused-ring (bicyclic) bond motifs is 1. The van der Waals surface area contributed by atoms with E-state index in [0.717, 1.165) is 27.0 Å². The molecule has 30 heavy (non-hydrogen) atoms. The fourth-order valence-electron chi connectivity index (χ4n) is 3.09. The number of nitrogens with one attached hydrogen (secondary N) is 1. The van der Waals surface area contributed by atoms with E-state index in [2.05, 4.69) is 10.3 Å². The first-order valence-corrected chi connectivity index (χ1v) is 10.3. The molecule has 0 aliphatic carbocycles. The second-order valence-electron chi connectivity index (χ2n) is 6.54. The molecule has 3 N–H and O–H groups in total. The summed E-state index contributed by atoms with van der Waals surface area (Å²) in [6.07, 6.45) is 3.22. The van der Waals surface area contributed by atoms with E-state index >= 15 is 0 Å². The highest BCUT2D eigenvalue weighted by Gasteiger charge is 2.18. The maximum absolute atomic E-state index is 12.2. The smallest absolute Gasteiger partial charge is 0.341 e. The number of rotatable bonds is 7. The molecule has 0 bridgehead atoms. The summed E-state index contributed by atoms with van der Waals surface area (Å²) >= 11 is 1.34. The van der Waals surface area contributed by atoms with Crippen LogP contribution in [0.1, 0.15) is 22.8 Å². The zero-order valence-electron chi connectivity index (χ0n) is 16.4. The summed E-state index contributed by atoms with van der Waals surface area (Å²) in [5, 5.41) is 4.75. The van der Waals surface area contributed by atoms with Crippen molar-refractivity contribution in [2.24, 2.45) is 0 Å². The molecule has 2 aromatic carbocycles. The predicted molar refractivity (Wildman–Crippen MR) is 120 cm³/mol. The Morgan fingerprint density at radius 2 is 1.90 bits per heavy atom. The van der Waals surface area contributed by atoms with Gasteiger partial charge in [0.2, 0.25) is 0 Å². The number of nitrogen functional groups attached to an aromatic ring is 1. The first-order chi connectivity index (χ1) is 14.7. The maximum Gasteiger partial charge on any atom is 0.341 e. The van der Waals surface area contributed by atoms with Crippen molar-refractivity contribution in [1.82, 2.24) is 4.98 Å². The molecule has 0 radical (unpaired) electrons. The number of aromatic nitrogens is 1. The van der Waals surface area contributed by atoms with Gasteiger partial charge in [-0.25, -0.2) is 4.79 Å². The largest absolute Gasteiger partial charge is 0.489 e. The molecule has 0 spiro atoms. The van der Waals surface area contributed by atoms with Crippen LogP contribution in [0.5, 0.6) is 5.75 Å². The number of esters is 1. The zero-order chi connectivity index (χ0) is 20.9. The number of anilines is 3. The topological polar surface area (TPSA) is 86.5 Å². The van der Waals surface area contributed by atoms with E-state index in [9.17, 15) is 4.79 Å².